The maximum Gasteiger partial charge on any atom is 0.416 e. The zero-order valence-electron chi connectivity index (χ0n) is 12.1. The first kappa shape index (κ1) is 16.2. The lowest BCUT2D eigenvalue weighted by molar-refractivity contribution is -0.137. The lowest BCUT2D eigenvalue weighted by Gasteiger charge is -2.26. The van der Waals surface area contributed by atoms with E-state index in [-0.39, 0.29) is 23.7 Å². The highest BCUT2D eigenvalue weighted by Crippen LogP contribution is 2.34. The van der Waals surface area contributed by atoms with Crippen LogP contribution in [0, 0.1) is 0 Å². The summed E-state index contributed by atoms with van der Waals surface area (Å²) in [6.07, 6.45) is -3.14. The second-order valence-electron chi connectivity index (χ2n) is 5.24. The number of amides is 1. The molecule has 0 radical (unpaired) electrons. The van der Waals surface area contributed by atoms with Gasteiger partial charge in [0.25, 0.3) is 5.91 Å². The highest BCUT2D eigenvalue weighted by atomic mass is 19.4. The number of nitrogens with two attached hydrogens (primary N) is 1. The molecule has 0 saturated heterocycles. The Bertz CT molecular complexity index is 795. The zero-order valence-corrected chi connectivity index (χ0v) is 12.1. The van der Waals surface area contributed by atoms with Crippen LogP contribution < -0.4 is 15.5 Å². The van der Waals surface area contributed by atoms with Crippen molar-refractivity contribution in [3.05, 3.63) is 47.7 Å². The minimum atomic E-state index is -4.47. The molecule has 1 aromatic carbocycles. The number of fused-ring (bicyclic) bond motifs is 1. The van der Waals surface area contributed by atoms with Crippen molar-refractivity contribution in [1.29, 1.82) is 0 Å². The number of hydroxylamine groups is 1. The summed E-state index contributed by atoms with van der Waals surface area (Å²) in [5.74, 6) is -0.494. The number of benzene rings is 1. The molecule has 0 aliphatic carbocycles. The van der Waals surface area contributed by atoms with Crippen LogP contribution in [0.2, 0.25) is 0 Å². The van der Waals surface area contributed by atoms with Gasteiger partial charge in [0.2, 0.25) is 0 Å². The molecule has 1 atom stereocenters. The number of hydrogen-bond donors (Lipinski definition) is 2. The SMILES string of the molecule is N[C@H]1Cc2cc(Oc3cccc(C(F)(F)F)c3)cnc2N(O)C1=O. The predicted octanol–water partition coefficient (Wildman–Crippen LogP) is 2.50. The summed E-state index contributed by atoms with van der Waals surface area (Å²) in [4.78, 5) is 15.5. The van der Waals surface area contributed by atoms with Gasteiger partial charge in [-0.05, 0) is 24.3 Å². The monoisotopic (exact) mass is 339 g/mol. The van der Waals surface area contributed by atoms with Crippen molar-refractivity contribution in [2.24, 2.45) is 5.73 Å². The minimum absolute atomic E-state index is 0.0105. The van der Waals surface area contributed by atoms with E-state index in [0.717, 1.165) is 12.1 Å². The van der Waals surface area contributed by atoms with Crippen LogP contribution in [0.5, 0.6) is 11.5 Å². The average molecular weight is 339 g/mol. The fraction of sp³-hybridized carbons (Fsp3) is 0.200. The number of carbonyl (C=O) groups excluding carboxylic acids is 1. The third kappa shape index (κ3) is 3.03. The fourth-order valence-corrected chi connectivity index (χ4v) is 2.34. The first-order valence-corrected chi connectivity index (χ1v) is 6.88. The largest absolute Gasteiger partial charge is 0.456 e. The molecule has 0 bridgehead atoms. The topological polar surface area (TPSA) is 88.7 Å². The molecule has 6 nitrogen and oxygen atoms in total. The Morgan fingerprint density at radius 2 is 2.04 bits per heavy atom. The fourth-order valence-electron chi connectivity index (χ4n) is 2.34. The van der Waals surface area contributed by atoms with E-state index in [4.69, 9.17) is 10.5 Å². The van der Waals surface area contributed by atoms with E-state index in [9.17, 15) is 23.2 Å². The third-order valence-electron chi connectivity index (χ3n) is 3.48. The van der Waals surface area contributed by atoms with Crippen LogP contribution in [0.15, 0.2) is 36.5 Å². The summed E-state index contributed by atoms with van der Waals surface area (Å²) in [7, 11) is 0. The first-order chi connectivity index (χ1) is 11.3. The number of rotatable bonds is 2. The van der Waals surface area contributed by atoms with Gasteiger partial charge in [0.15, 0.2) is 5.82 Å². The maximum absolute atomic E-state index is 12.7. The van der Waals surface area contributed by atoms with Crippen LogP contribution >= 0.6 is 0 Å². The van der Waals surface area contributed by atoms with Crippen molar-refractivity contribution >= 4 is 11.7 Å². The molecule has 0 spiro atoms. The van der Waals surface area contributed by atoms with Gasteiger partial charge in [-0.2, -0.15) is 18.2 Å². The van der Waals surface area contributed by atoms with Gasteiger partial charge < -0.3 is 10.5 Å². The Morgan fingerprint density at radius 3 is 2.75 bits per heavy atom. The number of pyridine rings is 1. The Hall–Kier alpha value is -2.65. The molecular weight excluding hydrogens is 327 g/mol. The molecule has 3 N–H and O–H groups in total. The number of aromatic nitrogens is 1. The van der Waals surface area contributed by atoms with Crippen molar-refractivity contribution in [3.63, 3.8) is 0 Å². The van der Waals surface area contributed by atoms with Crippen LogP contribution in [0.3, 0.4) is 0 Å². The highest BCUT2D eigenvalue weighted by Gasteiger charge is 2.32. The summed E-state index contributed by atoms with van der Waals surface area (Å²) in [6, 6.07) is 4.96. The molecule has 2 aromatic rings. The molecule has 1 aromatic heterocycles. The van der Waals surface area contributed by atoms with Crippen molar-refractivity contribution in [2.75, 3.05) is 5.06 Å². The van der Waals surface area contributed by atoms with E-state index in [1.807, 2.05) is 0 Å². The molecule has 24 heavy (non-hydrogen) atoms. The van der Waals surface area contributed by atoms with Gasteiger partial charge in [-0.1, -0.05) is 6.07 Å². The molecular formula is C15H12F3N3O3. The molecule has 1 aliphatic heterocycles. The van der Waals surface area contributed by atoms with E-state index in [2.05, 4.69) is 4.98 Å². The lowest BCUT2D eigenvalue weighted by atomic mass is 10.0. The van der Waals surface area contributed by atoms with Crippen molar-refractivity contribution in [3.8, 4) is 11.5 Å². The highest BCUT2D eigenvalue weighted by molar-refractivity contribution is 5.97. The molecule has 2 heterocycles. The van der Waals surface area contributed by atoms with Crippen molar-refractivity contribution < 1.29 is 27.9 Å². The van der Waals surface area contributed by atoms with E-state index < -0.39 is 23.7 Å². The normalized spacial score (nSPS) is 17.6. The smallest absolute Gasteiger partial charge is 0.416 e. The number of carbonyl (C=O) groups is 1. The van der Waals surface area contributed by atoms with Crippen LogP contribution in [-0.2, 0) is 17.4 Å². The number of anilines is 1. The average Bonchev–Trinajstić information content (AvgIpc) is 2.52. The standard InChI is InChI=1S/C15H12F3N3O3/c16-15(17,18)9-2-1-3-10(6-9)24-11-4-8-5-12(19)14(22)21(23)13(8)20-7-11/h1-4,6-7,12,23H,5,19H2/t12-/m0/s1. The van der Waals surface area contributed by atoms with Crippen LogP contribution in [0.25, 0.3) is 0 Å². The van der Waals surface area contributed by atoms with Gasteiger partial charge in [0, 0.05) is 12.0 Å². The number of ether oxygens (including phenoxy) is 1. The van der Waals surface area contributed by atoms with E-state index in [0.29, 0.717) is 10.6 Å². The Balaban J connectivity index is 1.88. The van der Waals surface area contributed by atoms with Gasteiger partial charge >= 0.3 is 6.18 Å². The summed E-state index contributed by atoms with van der Waals surface area (Å²) >= 11 is 0. The molecule has 0 unspecified atom stereocenters. The molecule has 0 saturated carbocycles. The quantitative estimate of drug-likeness (QED) is 0.821. The minimum Gasteiger partial charge on any atom is -0.456 e. The van der Waals surface area contributed by atoms with Crippen LogP contribution in [-0.4, -0.2) is 22.1 Å². The first-order valence-electron chi connectivity index (χ1n) is 6.88. The molecule has 1 aliphatic rings. The summed E-state index contributed by atoms with van der Waals surface area (Å²) < 4.78 is 43.5. The zero-order chi connectivity index (χ0) is 17.5. The molecule has 3 rings (SSSR count). The van der Waals surface area contributed by atoms with Crippen molar-refractivity contribution in [2.45, 2.75) is 18.6 Å². The van der Waals surface area contributed by atoms with Gasteiger partial charge in [-0.3, -0.25) is 10.0 Å². The van der Waals surface area contributed by atoms with E-state index in [1.54, 1.807) is 0 Å². The molecule has 0 fully saturated rings. The van der Waals surface area contributed by atoms with Gasteiger partial charge in [-0.25, -0.2) is 4.98 Å². The maximum atomic E-state index is 12.7. The van der Waals surface area contributed by atoms with Gasteiger partial charge in [0.05, 0.1) is 17.8 Å². The summed E-state index contributed by atoms with van der Waals surface area (Å²) in [5.41, 5.74) is 5.23. The molecule has 126 valence electrons. The summed E-state index contributed by atoms with van der Waals surface area (Å²) in [5, 5.41) is 10.0. The lowest BCUT2D eigenvalue weighted by Crippen LogP contribution is -2.47. The Kier molecular flexibility index (Phi) is 3.90. The third-order valence-corrected chi connectivity index (χ3v) is 3.48. The van der Waals surface area contributed by atoms with Crippen LogP contribution in [0.1, 0.15) is 11.1 Å². The number of nitrogens with zero attached hydrogens (tertiary/aromatic N) is 2. The van der Waals surface area contributed by atoms with Gasteiger partial charge in [-0.15, -0.1) is 0 Å². The number of halogens is 3. The van der Waals surface area contributed by atoms with E-state index in [1.165, 1.54) is 24.4 Å². The summed E-state index contributed by atoms with van der Waals surface area (Å²) in [6.45, 7) is 0. The van der Waals surface area contributed by atoms with Gasteiger partial charge in [0.1, 0.15) is 11.5 Å². The second kappa shape index (κ2) is 5.77. The predicted molar refractivity (Wildman–Crippen MR) is 76.7 cm³/mol. The van der Waals surface area contributed by atoms with Crippen molar-refractivity contribution in [1.82, 2.24) is 4.98 Å². The van der Waals surface area contributed by atoms with E-state index >= 15 is 0 Å². The number of hydrogen-bond acceptors (Lipinski definition) is 5. The van der Waals surface area contributed by atoms with Crippen LogP contribution in [0.4, 0.5) is 19.0 Å². The Labute approximate surface area is 134 Å². The second-order valence-corrected chi connectivity index (χ2v) is 5.24. The Morgan fingerprint density at radius 1 is 1.29 bits per heavy atom. The molecule has 9 heteroatoms. The molecule has 1 amide bonds. The number of alkyl halides is 3.